The van der Waals surface area contributed by atoms with Crippen LogP contribution in [0.2, 0.25) is 5.02 Å². The monoisotopic (exact) mass is 308 g/mol. The second-order valence-corrected chi connectivity index (χ2v) is 7.85. The number of nitrogens with zero attached hydrogens (tertiary/aromatic N) is 1. The Balaban J connectivity index is 2.07. The van der Waals surface area contributed by atoms with Crippen molar-refractivity contribution in [3.8, 4) is 0 Å². The first-order valence-electron chi connectivity index (χ1n) is 8.10. The van der Waals surface area contributed by atoms with Crippen LogP contribution < -0.4 is 10.6 Å². The van der Waals surface area contributed by atoms with Gasteiger partial charge in [0.1, 0.15) is 0 Å². The molecule has 1 saturated heterocycles. The molecule has 0 radical (unpaired) electrons. The Hall–Kier alpha value is -0.730. The zero-order valence-corrected chi connectivity index (χ0v) is 14.6. The molecule has 2 N–H and O–H groups in total. The molecule has 2 nitrogen and oxygen atoms in total. The van der Waals surface area contributed by atoms with Gasteiger partial charge in [-0.15, -0.1) is 0 Å². The highest BCUT2D eigenvalue weighted by atomic mass is 35.5. The molecule has 2 rings (SSSR count). The number of rotatable bonds is 4. The van der Waals surface area contributed by atoms with E-state index >= 15 is 0 Å². The molecule has 0 saturated carbocycles. The van der Waals surface area contributed by atoms with E-state index in [1.807, 2.05) is 0 Å². The summed E-state index contributed by atoms with van der Waals surface area (Å²) >= 11 is 6.45. The predicted molar refractivity (Wildman–Crippen MR) is 93.2 cm³/mol. The molecule has 1 aromatic rings. The van der Waals surface area contributed by atoms with Crippen LogP contribution in [0.15, 0.2) is 18.2 Å². The van der Waals surface area contributed by atoms with Gasteiger partial charge in [-0.25, -0.2) is 0 Å². The fraction of sp³-hybridized carbons (Fsp3) is 0.667. The molecule has 0 amide bonds. The largest absolute Gasteiger partial charge is 0.371 e. The maximum absolute atomic E-state index is 6.45. The van der Waals surface area contributed by atoms with Crippen LogP contribution in [0.3, 0.4) is 0 Å². The lowest BCUT2D eigenvalue weighted by molar-refractivity contribution is 0.263. The summed E-state index contributed by atoms with van der Waals surface area (Å²) in [6.07, 6.45) is 3.11. The summed E-state index contributed by atoms with van der Waals surface area (Å²) in [6, 6.07) is 6.67. The fourth-order valence-electron chi connectivity index (χ4n) is 3.03. The third kappa shape index (κ3) is 4.14. The van der Waals surface area contributed by atoms with E-state index in [4.69, 9.17) is 17.3 Å². The molecule has 1 aliphatic rings. The molecule has 21 heavy (non-hydrogen) atoms. The van der Waals surface area contributed by atoms with Crippen LogP contribution >= 0.6 is 11.6 Å². The molecule has 0 bridgehead atoms. The highest BCUT2D eigenvalue weighted by molar-refractivity contribution is 6.31. The van der Waals surface area contributed by atoms with Crippen LogP contribution in [0.25, 0.3) is 0 Å². The quantitative estimate of drug-likeness (QED) is 0.888. The van der Waals surface area contributed by atoms with Crippen LogP contribution in [0.4, 0.5) is 5.69 Å². The maximum Gasteiger partial charge on any atom is 0.0459 e. The van der Waals surface area contributed by atoms with Gasteiger partial charge in [-0.1, -0.05) is 45.4 Å². The van der Waals surface area contributed by atoms with Crippen molar-refractivity contribution in [2.75, 3.05) is 18.0 Å². The number of hydrogen-bond donors (Lipinski definition) is 1. The Bertz CT molecular complexity index is 479. The summed E-state index contributed by atoms with van der Waals surface area (Å²) in [5.74, 6) is 0.754. The molecule has 0 spiro atoms. The number of benzene rings is 1. The van der Waals surface area contributed by atoms with Crippen molar-refractivity contribution < 1.29 is 0 Å². The Morgan fingerprint density at radius 2 is 2.10 bits per heavy atom. The van der Waals surface area contributed by atoms with E-state index in [0.717, 1.165) is 36.9 Å². The van der Waals surface area contributed by atoms with Gasteiger partial charge in [0.2, 0.25) is 0 Å². The Kier molecular flexibility index (Phi) is 5.21. The number of halogens is 1. The minimum Gasteiger partial charge on any atom is -0.371 e. The number of hydrogen-bond acceptors (Lipinski definition) is 2. The van der Waals surface area contributed by atoms with Gasteiger partial charge >= 0.3 is 0 Å². The van der Waals surface area contributed by atoms with E-state index in [9.17, 15) is 0 Å². The van der Waals surface area contributed by atoms with Crippen LogP contribution in [-0.4, -0.2) is 19.1 Å². The summed E-state index contributed by atoms with van der Waals surface area (Å²) in [5, 5.41) is 0.857. The smallest absolute Gasteiger partial charge is 0.0459 e. The Morgan fingerprint density at radius 1 is 1.38 bits per heavy atom. The van der Waals surface area contributed by atoms with Crippen molar-refractivity contribution in [1.82, 2.24) is 0 Å². The molecule has 2 atom stereocenters. The first-order valence-corrected chi connectivity index (χ1v) is 8.48. The van der Waals surface area contributed by atoms with Crippen molar-refractivity contribution in [3.05, 3.63) is 28.8 Å². The minimum absolute atomic E-state index is 0.199. The van der Waals surface area contributed by atoms with E-state index in [1.165, 1.54) is 17.7 Å². The van der Waals surface area contributed by atoms with Gasteiger partial charge in [0.25, 0.3) is 0 Å². The SMILES string of the molecule is CCC(N)Cc1ccc(N2CCC(C(C)(C)C)C2)cc1Cl. The van der Waals surface area contributed by atoms with Gasteiger partial charge in [0.05, 0.1) is 0 Å². The molecule has 118 valence electrons. The Labute approximate surface area is 134 Å². The van der Waals surface area contributed by atoms with Gasteiger partial charge in [0, 0.05) is 29.8 Å². The second-order valence-electron chi connectivity index (χ2n) is 7.45. The average Bonchev–Trinajstić information content (AvgIpc) is 2.90. The fourth-order valence-corrected chi connectivity index (χ4v) is 3.28. The van der Waals surface area contributed by atoms with E-state index in [2.05, 4.69) is 50.8 Å². The van der Waals surface area contributed by atoms with E-state index in [-0.39, 0.29) is 6.04 Å². The molecule has 0 aromatic heterocycles. The summed E-state index contributed by atoms with van der Waals surface area (Å²) in [5.41, 5.74) is 8.83. The van der Waals surface area contributed by atoms with Crippen LogP contribution in [0.1, 0.15) is 46.1 Å². The predicted octanol–water partition coefficient (Wildman–Crippen LogP) is 4.49. The van der Waals surface area contributed by atoms with E-state index in [1.54, 1.807) is 0 Å². The normalized spacial score (nSPS) is 20.9. The van der Waals surface area contributed by atoms with Gasteiger partial charge in [-0.2, -0.15) is 0 Å². The third-order valence-electron chi connectivity index (χ3n) is 4.82. The zero-order chi connectivity index (χ0) is 15.6. The van der Waals surface area contributed by atoms with Crippen LogP contribution in [0.5, 0.6) is 0 Å². The standard InChI is InChI=1S/C18H29ClN2/c1-5-15(20)10-13-6-7-16(11-17(13)19)21-9-8-14(12-21)18(2,3)4/h6-7,11,14-15H,5,8-10,12,20H2,1-4H3. The van der Waals surface area contributed by atoms with Crippen molar-refractivity contribution >= 4 is 17.3 Å². The summed E-state index contributed by atoms with van der Waals surface area (Å²) in [4.78, 5) is 2.46. The number of anilines is 1. The molecule has 2 unspecified atom stereocenters. The average molecular weight is 309 g/mol. The lowest BCUT2D eigenvalue weighted by atomic mass is 9.80. The third-order valence-corrected chi connectivity index (χ3v) is 5.17. The van der Waals surface area contributed by atoms with Crippen LogP contribution in [0, 0.1) is 11.3 Å². The van der Waals surface area contributed by atoms with Gasteiger partial charge in [0.15, 0.2) is 0 Å². The highest BCUT2D eigenvalue weighted by Gasteiger charge is 2.31. The molecule has 3 heteroatoms. The molecule has 1 aromatic carbocycles. The second kappa shape index (κ2) is 6.58. The van der Waals surface area contributed by atoms with Crippen molar-refractivity contribution in [1.29, 1.82) is 0 Å². The van der Waals surface area contributed by atoms with Gasteiger partial charge in [-0.3, -0.25) is 0 Å². The zero-order valence-electron chi connectivity index (χ0n) is 13.8. The highest BCUT2D eigenvalue weighted by Crippen LogP contribution is 2.36. The lowest BCUT2D eigenvalue weighted by Crippen LogP contribution is -2.26. The minimum atomic E-state index is 0.199. The molecule has 1 fully saturated rings. The number of nitrogens with two attached hydrogens (primary N) is 1. The molecule has 1 heterocycles. The van der Waals surface area contributed by atoms with Crippen molar-refractivity contribution in [3.63, 3.8) is 0 Å². The van der Waals surface area contributed by atoms with E-state index in [0.29, 0.717) is 5.41 Å². The van der Waals surface area contributed by atoms with Gasteiger partial charge < -0.3 is 10.6 Å². The van der Waals surface area contributed by atoms with Crippen molar-refractivity contribution in [2.45, 2.75) is 53.0 Å². The topological polar surface area (TPSA) is 29.3 Å². The van der Waals surface area contributed by atoms with Crippen LogP contribution in [-0.2, 0) is 6.42 Å². The summed E-state index contributed by atoms with van der Waals surface area (Å²) < 4.78 is 0. The van der Waals surface area contributed by atoms with Crippen molar-refractivity contribution in [2.24, 2.45) is 17.1 Å². The maximum atomic E-state index is 6.45. The molecule has 1 aliphatic heterocycles. The summed E-state index contributed by atoms with van der Waals surface area (Å²) in [7, 11) is 0. The molecular formula is C18H29ClN2. The molecule has 0 aliphatic carbocycles. The Morgan fingerprint density at radius 3 is 2.62 bits per heavy atom. The lowest BCUT2D eigenvalue weighted by Gasteiger charge is -2.27. The van der Waals surface area contributed by atoms with Gasteiger partial charge in [-0.05, 0) is 48.3 Å². The molecular weight excluding hydrogens is 280 g/mol. The van der Waals surface area contributed by atoms with E-state index < -0.39 is 0 Å². The first-order chi connectivity index (χ1) is 9.81. The summed E-state index contributed by atoms with van der Waals surface area (Å²) in [6.45, 7) is 11.4. The first kappa shape index (κ1) is 16.6.